The van der Waals surface area contributed by atoms with Crippen LogP contribution in [-0.4, -0.2) is 16.9 Å². The number of carbonyl (C=O) groups excluding carboxylic acids is 2. The number of nitrogens with zero attached hydrogens (tertiary/aromatic N) is 1. The lowest BCUT2D eigenvalue weighted by Gasteiger charge is -2.23. The van der Waals surface area contributed by atoms with Gasteiger partial charge in [0, 0.05) is 6.07 Å². The Bertz CT molecular complexity index is 484. The highest BCUT2D eigenvalue weighted by Crippen LogP contribution is 2.27. The van der Waals surface area contributed by atoms with Crippen molar-refractivity contribution in [2.45, 2.75) is 12.5 Å². The van der Waals surface area contributed by atoms with Crippen LogP contribution in [0.15, 0.2) is 24.3 Å². The van der Waals surface area contributed by atoms with Gasteiger partial charge in [-0.25, -0.2) is 4.79 Å². The summed E-state index contributed by atoms with van der Waals surface area (Å²) in [4.78, 5) is 32.6. The van der Waals surface area contributed by atoms with Crippen LogP contribution in [0.1, 0.15) is 18.0 Å². The van der Waals surface area contributed by atoms with Crippen molar-refractivity contribution in [2.75, 3.05) is 0 Å². The summed E-state index contributed by atoms with van der Waals surface area (Å²) in [7, 11) is 0. The van der Waals surface area contributed by atoms with Gasteiger partial charge in [0.05, 0.1) is 22.9 Å². The van der Waals surface area contributed by atoms with E-state index < -0.39 is 22.9 Å². The Hall–Kier alpha value is -2.44. The van der Waals surface area contributed by atoms with Crippen molar-refractivity contribution in [3.8, 4) is 0 Å². The van der Waals surface area contributed by atoms with E-state index in [4.69, 9.17) is 0 Å². The summed E-state index contributed by atoms with van der Waals surface area (Å²) < 4.78 is 0. The molecule has 1 aliphatic heterocycles. The van der Waals surface area contributed by atoms with Crippen LogP contribution < -0.4 is 10.6 Å². The van der Waals surface area contributed by atoms with Crippen LogP contribution in [0.3, 0.4) is 0 Å². The molecule has 1 aromatic rings. The molecule has 0 aliphatic carbocycles. The van der Waals surface area contributed by atoms with E-state index in [2.05, 4.69) is 10.6 Å². The molecule has 1 saturated heterocycles. The van der Waals surface area contributed by atoms with Crippen LogP contribution in [-0.2, 0) is 4.79 Å². The predicted molar refractivity (Wildman–Crippen MR) is 57.1 cm³/mol. The third-order valence-corrected chi connectivity index (χ3v) is 2.46. The van der Waals surface area contributed by atoms with E-state index in [-0.39, 0.29) is 12.1 Å². The number of hydrogen-bond acceptors (Lipinski definition) is 4. The average molecular weight is 235 g/mol. The van der Waals surface area contributed by atoms with E-state index in [1.54, 1.807) is 6.07 Å². The lowest BCUT2D eigenvalue weighted by molar-refractivity contribution is -0.385. The standard InChI is InChI=1S/C10H9N3O4/c14-9-5-7(11-10(15)12-9)6-3-1-2-4-8(6)13(16)17/h1-4,7H,5H2,(H2,11,12,14,15)/t7-/m1/s1. The number of para-hydroxylation sites is 1. The average Bonchev–Trinajstić information content (AvgIpc) is 2.27. The minimum Gasteiger partial charge on any atom is -0.330 e. The normalized spacial score (nSPS) is 19.4. The number of benzene rings is 1. The molecule has 0 bridgehead atoms. The van der Waals surface area contributed by atoms with Crippen molar-refractivity contribution >= 4 is 17.6 Å². The highest BCUT2D eigenvalue weighted by Gasteiger charge is 2.29. The summed E-state index contributed by atoms with van der Waals surface area (Å²) in [6, 6.07) is 4.74. The maximum Gasteiger partial charge on any atom is 0.321 e. The Morgan fingerprint density at radius 3 is 2.65 bits per heavy atom. The molecular weight excluding hydrogens is 226 g/mol. The Kier molecular flexibility index (Phi) is 2.73. The Morgan fingerprint density at radius 1 is 1.29 bits per heavy atom. The van der Waals surface area contributed by atoms with Crippen molar-refractivity contribution in [3.05, 3.63) is 39.9 Å². The first-order valence-electron chi connectivity index (χ1n) is 4.91. The van der Waals surface area contributed by atoms with Gasteiger partial charge >= 0.3 is 6.03 Å². The number of amides is 3. The topological polar surface area (TPSA) is 101 Å². The van der Waals surface area contributed by atoms with Gasteiger partial charge in [0.2, 0.25) is 5.91 Å². The molecule has 7 heteroatoms. The zero-order valence-corrected chi connectivity index (χ0v) is 8.67. The number of urea groups is 1. The number of imide groups is 1. The minimum atomic E-state index is -0.655. The zero-order chi connectivity index (χ0) is 12.4. The summed E-state index contributed by atoms with van der Waals surface area (Å²) in [5, 5.41) is 15.4. The molecule has 88 valence electrons. The maximum atomic E-state index is 11.2. The summed E-state index contributed by atoms with van der Waals surface area (Å²) >= 11 is 0. The summed E-state index contributed by atoms with van der Waals surface area (Å²) in [5.74, 6) is -0.447. The number of carbonyl (C=O) groups is 2. The molecule has 0 aromatic heterocycles. The zero-order valence-electron chi connectivity index (χ0n) is 8.67. The molecule has 7 nitrogen and oxygen atoms in total. The van der Waals surface area contributed by atoms with Gasteiger partial charge in [-0.05, 0) is 0 Å². The lowest BCUT2D eigenvalue weighted by atomic mass is 10.0. The van der Waals surface area contributed by atoms with Gasteiger partial charge in [-0.15, -0.1) is 0 Å². The fraction of sp³-hybridized carbons (Fsp3) is 0.200. The number of nitro benzene ring substituents is 1. The van der Waals surface area contributed by atoms with Gasteiger partial charge in [-0.2, -0.15) is 0 Å². The van der Waals surface area contributed by atoms with Gasteiger partial charge < -0.3 is 5.32 Å². The highest BCUT2D eigenvalue weighted by atomic mass is 16.6. The molecule has 3 amide bonds. The van der Waals surface area contributed by atoms with Crippen molar-refractivity contribution in [3.63, 3.8) is 0 Å². The van der Waals surface area contributed by atoms with E-state index in [0.717, 1.165) is 0 Å². The molecule has 1 aromatic carbocycles. The van der Waals surface area contributed by atoms with Crippen LogP contribution in [0.5, 0.6) is 0 Å². The molecule has 0 saturated carbocycles. The highest BCUT2D eigenvalue weighted by molar-refractivity contribution is 5.97. The van der Waals surface area contributed by atoms with E-state index in [1.807, 2.05) is 0 Å². The Morgan fingerprint density at radius 2 is 2.00 bits per heavy atom. The first kappa shape index (κ1) is 11.1. The van der Waals surface area contributed by atoms with Gasteiger partial charge in [-0.3, -0.25) is 20.2 Å². The lowest BCUT2D eigenvalue weighted by Crippen LogP contribution is -2.48. The van der Waals surface area contributed by atoms with Crippen LogP contribution >= 0.6 is 0 Å². The van der Waals surface area contributed by atoms with Gasteiger partial charge in [-0.1, -0.05) is 18.2 Å². The van der Waals surface area contributed by atoms with Crippen LogP contribution in [0.25, 0.3) is 0 Å². The van der Waals surface area contributed by atoms with Crippen LogP contribution in [0.2, 0.25) is 0 Å². The molecule has 0 unspecified atom stereocenters. The second-order valence-corrected chi connectivity index (χ2v) is 3.59. The van der Waals surface area contributed by atoms with Gasteiger partial charge in [0.1, 0.15) is 0 Å². The quantitative estimate of drug-likeness (QED) is 0.586. The first-order valence-corrected chi connectivity index (χ1v) is 4.91. The fourth-order valence-corrected chi connectivity index (χ4v) is 1.74. The van der Waals surface area contributed by atoms with Gasteiger partial charge in [0.25, 0.3) is 5.69 Å². The molecule has 2 rings (SSSR count). The molecule has 2 N–H and O–H groups in total. The number of nitro groups is 1. The monoisotopic (exact) mass is 235 g/mol. The molecule has 1 fully saturated rings. The largest absolute Gasteiger partial charge is 0.330 e. The van der Waals surface area contributed by atoms with Crippen molar-refractivity contribution in [2.24, 2.45) is 0 Å². The summed E-state index contributed by atoms with van der Waals surface area (Å²) in [5.41, 5.74) is 0.230. The van der Waals surface area contributed by atoms with Crippen LogP contribution in [0.4, 0.5) is 10.5 Å². The first-order chi connectivity index (χ1) is 8.08. The molecule has 1 aliphatic rings. The summed E-state index contributed by atoms with van der Waals surface area (Å²) in [6.07, 6.45) is -0.00338. The number of nitrogens with one attached hydrogen (secondary N) is 2. The van der Waals surface area contributed by atoms with Crippen molar-refractivity contribution < 1.29 is 14.5 Å². The Labute approximate surface area is 96.0 Å². The molecule has 1 atom stereocenters. The maximum absolute atomic E-state index is 11.2. The SMILES string of the molecule is O=C1C[C@H](c2ccccc2[N+](=O)[O-])NC(=O)N1. The van der Waals surface area contributed by atoms with Crippen molar-refractivity contribution in [1.82, 2.24) is 10.6 Å². The number of hydrogen-bond donors (Lipinski definition) is 2. The number of rotatable bonds is 2. The van der Waals surface area contributed by atoms with Crippen LogP contribution in [0, 0.1) is 10.1 Å². The fourth-order valence-electron chi connectivity index (χ4n) is 1.74. The predicted octanol–water partition coefficient (Wildman–Crippen LogP) is 0.865. The molecule has 0 radical (unpaired) electrons. The third-order valence-electron chi connectivity index (χ3n) is 2.46. The second kappa shape index (κ2) is 4.20. The van der Waals surface area contributed by atoms with E-state index in [0.29, 0.717) is 5.56 Å². The Balaban J connectivity index is 2.36. The second-order valence-electron chi connectivity index (χ2n) is 3.59. The van der Waals surface area contributed by atoms with E-state index >= 15 is 0 Å². The molecular formula is C10H9N3O4. The van der Waals surface area contributed by atoms with E-state index in [1.165, 1.54) is 18.2 Å². The minimum absolute atomic E-state index is 0.00338. The van der Waals surface area contributed by atoms with E-state index in [9.17, 15) is 19.7 Å². The summed E-state index contributed by atoms with van der Waals surface area (Å²) in [6.45, 7) is 0. The molecule has 17 heavy (non-hydrogen) atoms. The van der Waals surface area contributed by atoms with Crippen molar-refractivity contribution in [1.29, 1.82) is 0 Å². The molecule has 0 spiro atoms. The molecule has 1 heterocycles. The third kappa shape index (κ3) is 2.22. The smallest absolute Gasteiger partial charge is 0.321 e. The van der Waals surface area contributed by atoms with Gasteiger partial charge in [0.15, 0.2) is 0 Å².